The third kappa shape index (κ3) is 3.92. The summed E-state index contributed by atoms with van der Waals surface area (Å²) >= 11 is 0. The summed E-state index contributed by atoms with van der Waals surface area (Å²) in [6, 6.07) is 14.1. The molecule has 1 heterocycles. The lowest BCUT2D eigenvalue weighted by atomic mass is 10.2. The Hall–Kier alpha value is -2.40. The molecule has 0 N–H and O–H groups in total. The number of carbonyl (C=O) groups excluding carboxylic acids is 1. The number of nitrogens with zero attached hydrogens (tertiary/aromatic N) is 2. The second-order valence-corrected chi connectivity index (χ2v) is 5.78. The van der Waals surface area contributed by atoms with Gasteiger partial charge in [-0.25, -0.2) is 4.39 Å². The third-order valence-corrected chi connectivity index (χ3v) is 4.28. The van der Waals surface area contributed by atoms with E-state index in [1.807, 2.05) is 24.3 Å². The number of rotatable bonds is 6. The zero-order chi connectivity index (χ0) is 16.8. The number of halogens is 1. The normalized spacial score (nSPS) is 15.3. The number of para-hydroxylation sites is 2. The van der Waals surface area contributed by atoms with Crippen molar-refractivity contribution >= 4 is 12.0 Å². The van der Waals surface area contributed by atoms with E-state index in [1.165, 1.54) is 6.07 Å². The topological polar surface area (TPSA) is 32.8 Å². The molecule has 0 aliphatic carbocycles. The summed E-state index contributed by atoms with van der Waals surface area (Å²) in [4.78, 5) is 15.3. The van der Waals surface area contributed by atoms with E-state index in [1.54, 1.807) is 18.2 Å². The molecule has 1 aliphatic rings. The van der Waals surface area contributed by atoms with Crippen LogP contribution in [0.5, 0.6) is 5.75 Å². The second kappa shape index (κ2) is 7.93. The summed E-state index contributed by atoms with van der Waals surface area (Å²) < 4.78 is 19.5. The van der Waals surface area contributed by atoms with Crippen LogP contribution in [0, 0.1) is 5.82 Å². The third-order valence-electron chi connectivity index (χ3n) is 4.28. The van der Waals surface area contributed by atoms with Crippen LogP contribution in [-0.4, -0.2) is 50.5 Å². The van der Waals surface area contributed by atoms with Gasteiger partial charge >= 0.3 is 0 Å². The van der Waals surface area contributed by atoms with Crippen molar-refractivity contribution in [3.05, 3.63) is 59.9 Å². The van der Waals surface area contributed by atoms with E-state index >= 15 is 0 Å². The molecule has 2 aromatic carbocycles. The van der Waals surface area contributed by atoms with Gasteiger partial charge in [0.15, 0.2) is 6.29 Å². The maximum atomic E-state index is 13.8. The van der Waals surface area contributed by atoms with Gasteiger partial charge in [0.05, 0.1) is 11.3 Å². The van der Waals surface area contributed by atoms with Crippen molar-refractivity contribution < 1.29 is 13.9 Å². The molecule has 5 heteroatoms. The molecule has 0 amide bonds. The molecule has 24 heavy (non-hydrogen) atoms. The highest BCUT2D eigenvalue weighted by atomic mass is 19.1. The Morgan fingerprint density at radius 3 is 2.46 bits per heavy atom. The Bertz CT molecular complexity index is 685. The van der Waals surface area contributed by atoms with Crippen molar-refractivity contribution in [2.75, 3.05) is 44.2 Å². The van der Waals surface area contributed by atoms with Crippen molar-refractivity contribution in [3.63, 3.8) is 0 Å². The van der Waals surface area contributed by atoms with Crippen molar-refractivity contribution in [1.29, 1.82) is 0 Å². The molecule has 0 unspecified atom stereocenters. The van der Waals surface area contributed by atoms with Gasteiger partial charge in [0, 0.05) is 32.7 Å². The summed E-state index contributed by atoms with van der Waals surface area (Å²) in [5.74, 6) is 0.456. The Morgan fingerprint density at radius 1 is 1.00 bits per heavy atom. The Morgan fingerprint density at radius 2 is 1.71 bits per heavy atom. The molecule has 2 aromatic rings. The fraction of sp³-hybridized carbons (Fsp3) is 0.316. The average molecular weight is 328 g/mol. The van der Waals surface area contributed by atoms with E-state index < -0.39 is 0 Å². The first-order valence-corrected chi connectivity index (χ1v) is 8.17. The summed E-state index contributed by atoms with van der Waals surface area (Å²) in [5, 5.41) is 0. The largest absolute Gasteiger partial charge is 0.492 e. The van der Waals surface area contributed by atoms with E-state index in [0.29, 0.717) is 23.6 Å². The summed E-state index contributed by atoms with van der Waals surface area (Å²) in [6.07, 6.45) is 0.808. The number of benzene rings is 2. The SMILES string of the molecule is O=Cc1ccccc1OCCN1CCN(c2ccccc2F)CC1. The number of ether oxygens (including phenoxy) is 1. The van der Waals surface area contributed by atoms with E-state index in [0.717, 1.165) is 39.0 Å². The van der Waals surface area contributed by atoms with Crippen LogP contribution in [0.1, 0.15) is 10.4 Å². The van der Waals surface area contributed by atoms with Crippen LogP contribution in [0.3, 0.4) is 0 Å². The van der Waals surface area contributed by atoms with E-state index in [-0.39, 0.29) is 5.82 Å². The molecule has 3 rings (SSSR count). The van der Waals surface area contributed by atoms with Crippen molar-refractivity contribution in [2.45, 2.75) is 0 Å². The van der Waals surface area contributed by atoms with Gasteiger partial charge in [-0.05, 0) is 24.3 Å². The highest BCUT2D eigenvalue weighted by Gasteiger charge is 2.19. The van der Waals surface area contributed by atoms with Gasteiger partial charge in [-0.3, -0.25) is 9.69 Å². The molecule has 1 saturated heterocycles. The first-order chi connectivity index (χ1) is 11.8. The van der Waals surface area contributed by atoms with Gasteiger partial charge in [0.25, 0.3) is 0 Å². The molecule has 0 atom stereocenters. The van der Waals surface area contributed by atoms with Gasteiger partial charge in [-0.2, -0.15) is 0 Å². The highest BCUT2D eigenvalue weighted by molar-refractivity contribution is 5.79. The number of hydrogen-bond acceptors (Lipinski definition) is 4. The maximum Gasteiger partial charge on any atom is 0.153 e. The van der Waals surface area contributed by atoms with E-state index in [2.05, 4.69) is 9.80 Å². The monoisotopic (exact) mass is 328 g/mol. The molecular weight excluding hydrogens is 307 g/mol. The number of aldehydes is 1. The number of anilines is 1. The Kier molecular flexibility index (Phi) is 5.43. The predicted octanol–water partition coefficient (Wildman–Crippen LogP) is 2.84. The molecule has 1 fully saturated rings. The van der Waals surface area contributed by atoms with Crippen LogP contribution in [0.2, 0.25) is 0 Å². The lowest BCUT2D eigenvalue weighted by molar-refractivity contribution is 0.111. The fourth-order valence-electron chi connectivity index (χ4n) is 2.91. The van der Waals surface area contributed by atoms with Gasteiger partial charge in [-0.1, -0.05) is 24.3 Å². The quantitative estimate of drug-likeness (QED) is 0.764. The standard InChI is InChI=1S/C19H21FN2O2/c20-17-6-2-3-7-18(17)22-11-9-21(10-12-22)13-14-24-19-8-4-1-5-16(19)15-23/h1-8,15H,9-14H2. The Balaban J connectivity index is 1.46. The highest BCUT2D eigenvalue weighted by Crippen LogP contribution is 2.20. The zero-order valence-electron chi connectivity index (χ0n) is 13.5. The van der Waals surface area contributed by atoms with E-state index in [9.17, 15) is 9.18 Å². The van der Waals surface area contributed by atoms with Gasteiger partial charge in [0.1, 0.15) is 18.2 Å². The smallest absolute Gasteiger partial charge is 0.153 e. The number of piperazine rings is 1. The van der Waals surface area contributed by atoms with Crippen LogP contribution < -0.4 is 9.64 Å². The summed E-state index contributed by atoms with van der Waals surface area (Å²) in [7, 11) is 0. The predicted molar refractivity (Wildman–Crippen MR) is 92.4 cm³/mol. The number of carbonyl (C=O) groups is 1. The lowest BCUT2D eigenvalue weighted by Crippen LogP contribution is -2.47. The Labute approximate surface area is 141 Å². The number of hydrogen-bond donors (Lipinski definition) is 0. The van der Waals surface area contributed by atoms with Gasteiger partial charge in [0.2, 0.25) is 0 Å². The molecule has 126 valence electrons. The zero-order valence-corrected chi connectivity index (χ0v) is 13.5. The molecule has 0 radical (unpaired) electrons. The molecule has 0 bridgehead atoms. The minimum absolute atomic E-state index is 0.167. The van der Waals surface area contributed by atoms with Crippen LogP contribution >= 0.6 is 0 Å². The minimum Gasteiger partial charge on any atom is -0.492 e. The van der Waals surface area contributed by atoms with Crippen molar-refractivity contribution in [1.82, 2.24) is 4.90 Å². The van der Waals surface area contributed by atoms with Crippen LogP contribution in [-0.2, 0) is 0 Å². The maximum absolute atomic E-state index is 13.8. The first-order valence-electron chi connectivity index (χ1n) is 8.17. The van der Waals surface area contributed by atoms with Gasteiger partial charge < -0.3 is 9.64 Å². The minimum atomic E-state index is -0.167. The van der Waals surface area contributed by atoms with Crippen molar-refractivity contribution in [2.24, 2.45) is 0 Å². The molecule has 0 saturated carbocycles. The summed E-state index contributed by atoms with van der Waals surface area (Å²) in [5.41, 5.74) is 1.25. The van der Waals surface area contributed by atoms with Crippen LogP contribution in [0.25, 0.3) is 0 Å². The van der Waals surface area contributed by atoms with Crippen LogP contribution in [0.4, 0.5) is 10.1 Å². The van der Waals surface area contributed by atoms with Crippen LogP contribution in [0.15, 0.2) is 48.5 Å². The molecule has 1 aliphatic heterocycles. The summed E-state index contributed by atoms with van der Waals surface area (Å²) in [6.45, 7) is 4.65. The lowest BCUT2D eigenvalue weighted by Gasteiger charge is -2.36. The second-order valence-electron chi connectivity index (χ2n) is 5.78. The van der Waals surface area contributed by atoms with Gasteiger partial charge in [-0.15, -0.1) is 0 Å². The molecule has 0 aromatic heterocycles. The molecular formula is C19H21FN2O2. The molecule has 0 spiro atoms. The fourth-order valence-corrected chi connectivity index (χ4v) is 2.91. The van der Waals surface area contributed by atoms with E-state index in [4.69, 9.17) is 4.74 Å². The molecule has 4 nitrogen and oxygen atoms in total. The first kappa shape index (κ1) is 16.5. The average Bonchev–Trinajstić information content (AvgIpc) is 2.63. The van der Waals surface area contributed by atoms with Crippen molar-refractivity contribution in [3.8, 4) is 5.75 Å².